The number of rotatable bonds is 7. The third-order valence-corrected chi connectivity index (χ3v) is 3.93. The first-order valence-corrected chi connectivity index (χ1v) is 8.26. The minimum absolute atomic E-state index is 0.0727. The van der Waals surface area contributed by atoms with Gasteiger partial charge in [-0.05, 0) is 17.7 Å². The van der Waals surface area contributed by atoms with E-state index in [1.54, 1.807) is 23.2 Å². The zero-order valence-electron chi connectivity index (χ0n) is 14.0. The fourth-order valence-corrected chi connectivity index (χ4v) is 2.70. The predicted octanol–water partition coefficient (Wildman–Crippen LogP) is 2.57. The Kier molecular flexibility index (Phi) is 5.59. The van der Waals surface area contributed by atoms with Crippen molar-refractivity contribution in [3.05, 3.63) is 89.7 Å². The number of aromatic nitrogens is 2. The number of hydrogen-bond acceptors (Lipinski definition) is 3. The lowest BCUT2D eigenvalue weighted by Crippen LogP contribution is -2.33. The minimum Gasteiger partial charge on any atom is -0.395 e. The van der Waals surface area contributed by atoms with Gasteiger partial charge in [-0.2, -0.15) is 5.10 Å². The van der Waals surface area contributed by atoms with E-state index >= 15 is 0 Å². The van der Waals surface area contributed by atoms with E-state index < -0.39 is 0 Å². The molecule has 0 aliphatic rings. The molecule has 3 rings (SSSR count). The highest BCUT2D eigenvalue weighted by Gasteiger charge is 2.16. The van der Waals surface area contributed by atoms with Crippen LogP contribution in [-0.4, -0.2) is 38.8 Å². The molecule has 1 heterocycles. The van der Waals surface area contributed by atoms with Gasteiger partial charge in [0.2, 0.25) is 0 Å². The summed E-state index contributed by atoms with van der Waals surface area (Å²) in [4.78, 5) is 14.3. The fraction of sp³-hybridized carbons (Fsp3) is 0.200. The van der Waals surface area contributed by atoms with E-state index in [4.69, 9.17) is 0 Å². The molecule has 0 saturated heterocycles. The first kappa shape index (κ1) is 16.9. The molecule has 0 aliphatic heterocycles. The van der Waals surface area contributed by atoms with Gasteiger partial charge < -0.3 is 10.0 Å². The van der Waals surface area contributed by atoms with Gasteiger partial charge in [0.15, 0.2) is 0 Å². The van der Waals surface area contributed by atoms with E-state index in [2.05, 4.69) is 17.2 Å². The summed E-state index contributed by atoms with van der Waals surface area (Å²) in [7, 11) is 0. The van der Waals surface area contributed by atoms with Crippen molar-refractivity contribution in [1.29, 1.82) is 0 Å². The van der Waals surface area contributed by atoms with E-state index in [0.717, 1.165) is 5.56 Å². The average Bonchev–Trinajstić information content (AvgIpc) is 3.09. The maximum atomic E-state index is 12.6. The van der Waals surface area contributed by atoms with Crippen molar-refractivity contribution in [2.75, 3.05) is 13.2 Å². The normalized spacial score (nSPS) is 10.6. The average molecular weight is 335 g/mol. The van der Waals surface area contributed by atoms with Crippen molar-refractivity contribution in [3.63, 3.8) is 0 Å². The maximum absolute atomic E-state index is 12.6. The number of nitrogens with zero attached hydrogens (tertiary/aromatic N) is 3. The third-order valence-electron chi connectivity index (χ3n) is 3.93. The lowest BCUT2D eigenvalue weighted by atomic mass is 10.2. The molecule has 0 saturated carbocycles. The molecule has 1 N–H and O–H groups in total. The van der Waals surface area contributed by atoms with Crippen LogP contribution in [0.15, 0.2) is 73.1 Å². The van der Waals surface area contributed by atoms with Crippen LogP contribution in [0.5, 0.6) is 0 Å². The molecular weight excluding hydrogens is 314 g/mol. The largest absolute Gasteiger partial charge is 0.395 e. The molecular formula is C20H21N3O2. The SMILES string of the molecule is O=C(c1ccccc1)N(CCO)Cc1cnn(Cc2ccccc2)c1. The van der Waals surface area contributed by atoms with Crippen LogP contribution >= 0.6 is 0 Å². The summed E-state index contributed by atoms with van der Waals surface area (Å²) in [5.74, 6) is -0.0922. The Labute approximate surface area is 147 Å². The van der Waals surface area contributed by atoms with E-state index in [1.165, 1.54) is 5.56 Å². The van der Waals surface area contributed by atoms with E-state index in [-0.39, 0.29) is 19.1 Å². The third kappa shape index (κ3) is 4.55. The zero-order chi connectivity index (χ0) is 17.5. The van der Waals surface area contributed by atoms with Crippen LogP contribution in [0.2, 0.25) is 0 Å². The molecule has 0 unspecified atom stereocenters. The van der Waals surface area contributed by atoms with E-state index in [0.29, 0.717) is 18.7 Å². The van der Waals surface area contributed by atoms with Crippen molar-refractivity contribution in [2.24, 2.45) is 0 Å². The highest BCUT2D eigenvalue weighted by atomic mass is 16.3. The minimum atomic E-state index is -0.0922. The van der Waals surface area contributed by atoms with Crippen LogP contribution in [0.3, 0.4) is 0 Å². The second-order valence-corrected chi connectivity index (χ2v) is 5.85. The van der Waals surface area contributed by atoms with Crippen molar-refractivity contribution in [1.82, 2.24) is 14.7 Å². The first-order chi connectivity index (χ1) is 12.3. The zero-order valence-corrected chi connectivity index (χ0v) is 14.0. The van der Waals surface area contributed by atoms with Gasteiger partial charge in [-0.1, -0.05) is 48.5 Å². The molecule has 0 radical (unpaired) electrons. The number of amides is 1. The Balaban J connectivity index is 1.69. The number of benzene rings is 2. The van der Waals surface area contributed by atoms with Crippen molar-refractivity contribution < 1.29 is 9.90 Å². The molecule has 2 aromatic carbocycles. The Morgan fingerprint density at radius 2 is 1.68 bits per heavy atom. The van der Waals surface area contributed by atoms with Gasteiger partial charge in [0, 0.05) is 30.4 Å². The molecule has 1 amide bonds. The van der Waals surface area contributed by atoms with Gasteiger partial charge in [-0.25, -0.2) is 0 Å². The maximum Gasteiger partial charge on any atom is 0.254 e. The summed E-state index contributed by atoms with van der Waals surface area (Å²) in [5, 5.41) is 13.7. The molecule has 0 fully saturated rings. The quantitative estimate of drug-likeness (QED) is 0.722. The van der Waals surface area contributed by atoms with Gasteiger partial charge in [0.05, 0.1) is 19.3 Å². The monoisotopic (exact) mass is 335 g/mol. The second-order valence-electron chi connectivity index (χ2n) is 5.85. The van der Waals surface area contributed by atoms with Crippen molar-refractivity contribution in [2.45, 2.75) is 13.1 Å². The number of carbonyl (C=O) groups excluding carboxylic acids is 1. The molecule has 5 nitrogen and oxygen atoms in total. The number of carbonyl (C=O) groups is 1. The number of aliphatic hydroxyl groups is 1. The Bertz CT molecular complexity index is 800. The van der Waals surface area contributed by atoms with E-state index in [9.17, 15) is 9.90 Å². The van der Waals surface area contributed by atoms with Gasteiger partial charge in [0.25, 0.3) is 5.91 Å². The Hall–Kier alpha value is -2.92. The highest BCUT2D eigenvalue weighted by Crippen LogP contribution is 2.10. The Morgan fingerprint density at radius 3 is 2.36 bits per heavy atom. The van der Waals surface area contributed by atoms with Crippen LogP contribution in [-0.2, 0) is 13.1 Å². The summed E-state index contributed by atoms with van der Waals surface area (Å²) in [6.07, 6.45) is 3.71. The molecule has 0 aliphatic carbocycles. The summed E-state index contributed by atoms with van der Waals surface area (Å²) in [5.41, 5.74) is 2.73. The van der Waals surface area contributed by atoms with Crippen LogP contribution in [0.1, 0.15) is 21.5 Å². The van der Waals surface area contributed by atoms with Crippen LogP contribution < -0.4 is 0 Å². The smallest absolute Gasteiger partial charge is 0.254 e. The van der Waals surface area contributed by atoms with Gasteiger partial charge in [0.1, 0.15) is 0 Å². The molecule has 5 heteroatoms. The van der Waals surface area contributed by atoms with Crippen molar-refractivity contribution >= 4 is 5.91 Å². The standard InChI is InChI=1S/C20H21N3O2/c24-12-11-22(20(25)19-9-5-2-6-10-19)14-18-13-21-23(16-18)15-17-7-3-1-4-8-17/h1-10,13,16,24H,11-12,14-15H2. The predicted molar refractivity (Wildman–Crippen MR) is 96.0 cm³/mol. The summed E-state index contributed by atoms with van der Waals surface area (Å²) < 4.78 is 1.86. The fourth-order valence-electron chi connectivity index (χ4n) is 2.70. The summed E-state index contributed by atoms with van der Waals surface area (Å²) in [6.45, 7) is 1.32. The van der Waals surface area contributed by atoms with Gasteiger partial charge in [-0.3, -0.25) is 9.48 Å². The number of aliphatic hydroxyl groups excluding tert-OH is 1. The van der Waals surface area contributed by atoms with Crippen LogP contribution in [0.4, 0.5) is 0 Å². The molecule has 0 spiro atoms. The molecule has 1 aromatic heterocycles. The molecule has 3 aromatic rings. The van der Waals surface area contributed by atoms with Crippen LogP contribution in [0.25, 0.3) is 0 Å². The lowest BCUT2D eigenvalue weighted by molar-refractivity contribution is 0.0708. The highest BCUT2D eigenvalue weighted by molar-refractivity contribution is 5.94. The van der Waals surface area contributed by atoms with E-state index in [1.807, 2.05) is 47.3 Å². The van der Waals surface area contributed by atoms with Gasteiger partial charge >= 0.3 is 0 Å². The molecule has 0 atom stereocenters. The lowest BCUT2D eigenvalue weighted by Gasteiger charge is -2.21. The molecule has 25 heavy (non-hydrogen) atoms. The van der Waals surface area contributed by atoms with Gasteiger partial charge in [-0.15, -0.1) is 0 Å². The molecule has 128 valence electrons. The second kappa shape index (κ2) is 8.26. The van der Waals surface area contributed by atoms with Crippen molar-refractivity contribution in [3.8, 4) is 0 Å². The number of hydrogen-bond donors (Lipinski definition) is 1. The summed E-state index contributed by atoms with van der Waals surface area (Å²) >= 11 is 0. The summed E-state index contributed by atoms with van der Waals surface area (Å²) in [6, 6.07) is 19.2. The molecule has 0 bridgehead atoms. The van der Waals surface area contributed by atoms with Crippen LogP contribution in [0, 0.1) is 0 Å². The topological polar surface area (TPSA) is 58.4 Å². The Morgan fingerprint density at radius 1 is 1.00 bits per heavy atom. The first-order valence-electron chi connectivity index (χ1n) is 8.26.